The topological polar surface area (TPSA) is 71.3 Å². The molecule has 6 heteroatoms. The number of nitriles is 1. The third-order valence-electron chi connectivity index (χ3n) is 2.85. The average Bonchev–Trinajstić information content (AvgIpc) is 3.05. The lowest BCUT2D eigenvalue weighted by Crippen LogP contribution is -2.14. The highest BCUT2D eigenvalue weighted by molar-refractivity contribution is 7.10. The van der Waals surface area contributed by atoms with E-state index in [-0.39, 0.29) is 5.57 Å². The van der Waals surface area contributed by atoms with Crippen LogP contribution in [0, 0.1) is 11.3 Å². The number of carbonyl (C=O) groups is 1. The van der Waals surface area contributed by atoms with E-state index in [0.29, 0.717) is 17.2 Å². The van der Waals surface area contributed by atoms with Crippen LogP contribution < -0.4 is 14.8 Å². The maximum atomic E-state index is 12.2. The summed E-state index contributed by atoms with van der Waals surface area (Å²) in [5.74, 6) is 0.588. The van der Waals surface area contributed by atoms with Crippen molar-refractivity contribution in [3.63, 3.8) is 0 Å². The molecule has 2 rings (SSSR count). The monoisotopic (exact) mass is 314 g/mol. The molecular weight excluding hydrogens is 300 g/mol. The molecule has 22 heavy (non-hydrogen) atoms. The van der Waals surface area contributed by atoms with Gasteiger partial charge in [0.1, 0.15) is 23.1 Å². The van der Waals surface area contributed by atoms with Gasteiger partial charge >= 0.3 is 0 Å². The molecule has 0 aliphatic rings. The SMILES string of the molecule is COc1ccc(NC(=O)/C(C#N)=C/c2cccs2)c(OC)c1. The van der Waals surface area contributed by atoms with Crippen LogP contribution in [0.3, 0.4) is 0 Å². The number of anilines is 1. The van der Waals surface area contributed by atoms with Crippen LogP contribution in [0.5, 0.6) is 11.5 Å². The highest BCUT2D eigenvalue weighted by Gasteiger charge is 2.13. The summed E-state index contributed by atoms with van der Waals surface area (Å²) in [6.07, 6.45) is 1.55. The summed E-state index contributed by atoms with van der Waals surface area (Å²) in [7, 11) is 3.04. The molecule has 1 heterocycles. The summed E-state index contributed by atoms with van der Waals surface area (Å²) in [6, 6.07) is 10.6. The fourth-order valence-corrected chi connectivity index (χ4v) is 2.41. The molecule has 1 aromatic heterocycles. The van der Waals surface area contributed by atoms with Crippen LogP contribution >= 0.6 is 11.3 Å². The number of ether oxygens (including phenoxy) is 2. The number of methoxy groups -OCH3 is 2. The van der Waals surface area contributed by atoms with E-state index in [1.807, 2.05) is 23.6 Å². The zero-order valence-electron chi connectivity index (χ0n) is 12.1. The molecule has 0 spiro atoms. The van der Waals surface area contributed by atoms with Crippen molar-refractivity contribution in [1.82, 2.24) is 0 Å². The molecule has 0 saturated heterocycles. The van der Waals surface area contributed by atoms with E-state index in [1.54, 1.807) is 31.4 Å². The highest BCUT2D eigenvalue weighted by atomic mass is 32.1. The van der Waals surface area contributed by atoms with E-state index in [4.69, 9.17) is 14.7 Å². The third-order valence-corrected chi connectivity index (χ3v) is 3.67. The lowest BCUT2D eigenvalue weighted by atomic mass is 10.2. The van der Waals surface area contributed by atoms with E-state index in [9.17, 15) is 4.79 Å². The van der Waals surface area contributed by atoms with Crippen LogP contribution in [-0.2, 0) is 4.79 Å². The Morgan fingerprint density at radius 2 is 2.14 bits per heavy atom. The minimum atomic E-state index is -0.487. The molecule has 112 valence electrons. The molecule has 2 aromatic rings. The van der Waals surface area contributed by atoms with Crippen LogP contribution in [0.25, 0.3) is 6.08 Å². The molecule has 5 nitrogen and oxygen atoms in total. The maximum absolute atomic E-state index is 12.2. The summed E-state index contributed by atoms with van der Waals surface area (Å²) in [4.78, 5) is 13.0. The Kier molecular flexibility index (Phi) is 5.17. The fraction of sp³-hybridized carbons (Fsp3) is 0.125. The molecule has 0 radical (unpaired) electrons. The van der Waals surface area contributed by atoms with Gasteiger partial charge in [0, 0.05) is 10.9 Å². The van der Waals surface area contributed by atoms with E-state index in [0.717, 1.165) is 4.88 Å². The van der Waals surface area contributed by atoms with Gasteiger partial charge in [0.05, 0.1) is 19.9 Å². The zero-order valence-corrected chi connectivity index (χ0v) is 12.9. The molecule has 0 fully saturated rings. The Labute approximate surface area is 132 Å². The van der Waals surface area contributed by atoms with Crippen molar-refractivity contribution < 1.29 is 14.3 Å². The molecule has 0 aliphatic carbocycles. The summed E-state index contributed by atoms with van der Waals surface area (Å²) < 4.78 is 10.3. The number of rotatable bonds is 5. The number of benzene rings is 1. The van der Waals surface area contributed by atoms with Crippen LogP contribution in [0.2, 0.25) is 0 Å². The van der Waals surface area contributed by atoms with Gasteiger partial charge in [-0.2, -0.15) is 5.26 Å². The molecule has 0 saturated carbocycles. The van der Waals surface area contributed by atoms with Gasteiger partial charge in [-0.1, -0.05) is 6.07 Å². The first-order valence-electron chi connectivity index (χ1n) is 6.36. The number of nitrogens with one attached hydrogen (secondary N) is 1. The normalized spacial score (nSPS) is 10.7. The Balaban J connectivity index is 2.23. The van der Waals surface area contributed by atoms with Gasteiger partial charge in [0.15, 0.2) is 0 Å². The van der Waals surface area contributed by atoms with Crippen molar-refractivity contribution in [3.8, 4) is 17.6 Å². The molecule has 0 aliphatic heterocycles. The van der Waals surface area contributed by atoms with Crippen LogP contribution in [0.4, 0.5) is 5.69 Å². The van der Waals surface area contributed by atoms with Crippen molar-refractivity contribution >= 4 is 29.0 Å². The van der Waals surface area contributed by atoms with Gasteiger partial charge in [-0.3, -0.25) is 4.79 Å². The van der Waals surface area contributed by atoms with E-state index in [1.165, 1.54) is 18.4 Å². The summed E-state index contributed by atoms with van der Waals surface area (Å²) in [5, 5.41) is 13.7. The predicted octanol–water partition coefficient (Wildman–Crippen LogP) is 3.31. The second-order valence-corrected chi connectivity index (χ2v) is 5.18. The number of amides is 1. The van der Waals surface area contributed by atoms with Crippen LogP contribution in [-0.4, -0.2) is 20.1 Å². The van der Waals surface area contributed by atoms with E-state index < -0.39 is 5.91 Å². The molecule has 1 aromatic carbocycles. The second-order valence-electron chi connectivity index (χ2n) is 4.21. The Morgan fingerprint density at radius 1 is 1.32 bits per heavy atom. The van der Waals surface area contributed by atoms with Crippen LogP contribution in [0.15, 0.2) is 41.3 Å². The smallest absolute Gasteiger partial charge is 0.266 e. The number of thiophene rings is 1. The average molecular weight is 314 g/mol. The molecule has 0 atom stereocenters. The quantitative estimate of drug-likeness (QED) is 0.679. The Hall–Kier alpha value is -2.78. The number of hydrogen-bond donors (Lipinski definition) is 1. The summed E-state index contributed by atoms with van der Waals surface area (Å²) in [6.45, 7) is 0. The second kappa shape index (κ2) is 7.29. The molecular formula is C16H14N2O3S. The lowest BCUT2D eigenvalue weighted by molar-refractivity contribution is -0.112. The first-order chi connectivity index (χ1) is 10.7. The highest BCUT2D eigenvalue weighted by Crippen LogP contribution is 2.29. The Bertz CT molecular complexity index is 730. The first-order valence-corrected chi connectivity index (χ1v) is 7.24. The zero-order chi connectivity index (χ0) is 15.9. The maximum Gasteiger partial charge on any atom is 0.266 e. The molecule has 1 N–H and O–H groups in total. The molecule has 0 bridgehead atoms. The fourth-order valence-electron chi connectivity index (χ4n) is 1.76. The number of carbonyl (C=O) groups excluding carboxylic acids is 1. The van der Waals surface area contributed by atoms with E-state index >= 15 is 0 Å². The van der Waals surface area contributed by atoms with Crippen molar-refractivity contribution in [2.45, 2.75) is 0 Å². The first kappa shape index (κ1) is 15.6. The van der Waals surface area contributed by atoms with Crippen molar-refractivity contribution in [1.29, 1.82) is 5.26 Å². The van der Waals surface area contributed by atoms with Gasteiger partial charge < -0.3 is 14.8 Å². The van der Waals surface area contributed by atoms with Gasteiger partial charge in [-0.05, 0) is 29.7 Å². The predicted molar refractivity (Wildman–Crippen MR) is 86.1 cm³/mol. The van der Waals surface area contributed by atoms with Gasteiger partial charge in [0.2, 0.25) is 0 Å². The minimum Gasteiger partial charge on any atom is -0.497 e. The van der Waals surface area contributed by atoms with Crippen LogP contribution in [0.1, 0.15) is 4.88 Å². The Morgan fingerprint density at radius 3 is 2.73 bits per heavy atom. The van der Waals surface area contributed by atoms with E-state index in [2.05, 4.69) is 5.32 Å². The number of nitrogens with zero attached hydrogens (tertiary/aromatic N) is 1. The molecule has 1 amide bonds. The lowest BCUT2D eigenvalue weighted by Gasteiger charge is -2.11. The minimum absolute atomic E-state index is 0.0281. The summed E-state index contributed by atoms with van der Waals surface area (Å²) in [5.41, 5.74) is 0.501. The van der Waals surface area contributed by atoms with Gasteiger partial charge in [-0.25, -0.2) is 0 Å². The summed E-state index contributed by atoms with van der Waals surface area (Å²) >= 11 is 1.45. The van der Waals surface area contributed by atoms with Crippen molar-refractivity contribution in [3.05, 3.63) is 46.2 Å². The number of hydrogen-bond acceptors (Lipinski definition) is 5. The molecule has 0 unspecified atom stereocenters. The largest absolute Gasteiger partial charge is 0.497 e. The standard InChI is InChI=1S/C16H14N2O3S/c1-20-12-5-6-14(15(9-12)21-2)18-16(19)11(10-17)8-13-4-3-7-22-13/h3-9H,1-2H3,(H,18,19)/b11-8+. The van der Waals surface area contributed by atoms with Crippen molar-refractivity contribution in [2.24, 2.45) is 0 Å². The van der Waals surface area contributed by atoms with Gasteiger partial charge in [-0.15, -0.1) is 11.3 Å². The third kappa shape index (κ3) is 3.65. The van der Waals surface area contributed by atoms with Gasteiger partial charge in [0.25, 0.3) is 5.91 Å². The van der Waals surface area contributed by atoms with Crippen molar-refractivity contribution in [2.75, 3.05) is 19.5 Å².